The maximum atomic E-state index is 13.2. The van der Waals surface area contributed by atoms with E-state index in [-0.39, 0.29) is 11.6 Å². The predicted molar refractivity (Wildman–Crippen MR) is 161 cm³/mol. The normalized spacial score (nSPS) is 16.9. The third kappa shape index (κ3) is 6.61. The summed E-state index contributed by atoms with van der Waals surface area (Å²) in [6, 6.07) is 21.7. The Kier molecular flexibility index (Phi) is 8.50. The molecule has 2 heterocycles. The maximum Gasteiger partial charge on any atom is 0.261 e. The van der Waals surface area contributed by atoms with Gasteiger partial charge in [0.15, 0.2) is 5.96 Å². The molecule has 4 aromatic rings. The number of halogens is 2. The number of aromatic nitrogens is 2. The molecule has 0 spiro atoms. The van der Waals surface area contributed by atoms with Crippen LogP contribution in [0.5, 0.6) is 0 Å². The van der Waals surface area contributed by atoms with Crippen LogP contribution in [0.2, 0.25) is 10.0 Å². The number of hydrogen-bond acceptors (Lipinski definition) is 4. The van der Waals surface area contributed by atoms with Crippen LogP contribution in [-0.4, -0.2) is 46.1 Å². The summed E-state index contributed by atoms with van der Waals surface area (Å²) < 4.78 is 1.62. The van der Waals surface area contributed by atoms with Gasteiger partial charge in [-0.25, -0.2) is 9.98 Å². The molecule has 3 aromatic carbocycles. The van der Waals surface area contributed by atoms with Crippen molar-refractivity contribution in [3.63, 3.8) is 0 Å². The summed E-state index contributed by atoms with van der Waals surface area (Å²) in [5.41, 5.74) is 3.48. The first-order chi connectivity index (χ1) is 18.9. The number of aliphatic imine (C=N–C) groups is 1. The number of nitrogens with one attached hydrogen (secondary N) is 2. The largest absolute Gasteiger partial charge is 0.340 e. The van der Waals surface area contributed by atoms with Crippen molar-refractivity contribution in [1.29, 1.82) is 0 Å². The first kappa shape index (κ1) is 27.2. The second kappa shape index (κ2) is 12.2. The topological polar surface area (TPSA) is 74.5 Å². The fourth-order valence-corrected chi connectivity index (χ4v) is 5.30. The van der Waals surface area contributed by atoms with E-state index in [1.54, 1.807) is 23.0 Å². The van der Waals surface area contributed by atoms with Crippen LogP contribution in [0.4, 0.5) is 5.69 Å². The highest BCUT2D eigenvalue weighted by Crippen LogP contribution is 2.22. The van der Waals surface area contributed by atoms with Gasteiger partial charge in [0.05, 0.1) is 23.3 Å². The average molecular weight is 564 g/mol. The molecular weight excluding hydrogens is 531 g/mol. The van der Waals surface area contributed by atoms with Crippen LogP contribution in [0, 0.1) is 0 Å². The molecule has 1 aromatic heterocycles. The van der Waals surface area contributed by atoms with Gasteiger partial charge in [0, 0.05) is 48.0 Å². The van der Waals surface area contributed by atoms with Crippen LogP contribution in [0.3, 0.4) is 0 Å². The van der Waals surface area contributed by atoms with Crippen molar-refractivity contribution in [3.05, 3.63) is 105 Å². The van der Waals surface area contributed by atoms with Gasteiger partial charge < -0.3 is 15.5 Å². The van der Waals surface area contributed by atoms with Crippen LogP contribution >= 0.6 is 23.2 Å². The van der Waals surface area contributed by atoms with Gasteiger partial charge in [-0.15, -0.1) is 0 Å². The smallest absolute Gasteiger partial charge is 0.261 e. The van der Waals surface area contributed by atoms with Crippen molar-refractivity contribution in [2.45, 2.75) is 38.9 Å². The van der Waals surface area contributed by atoms with Gasteiger partial charge >= 0.3 is 0 Å². The number of guanidine groups is 1. The molecule has 9 heteroatoms. The number of fused-ring (bicyclic) bond motifs is 1. The second-order valence-corrected chi connectivity index (χ2v) is 10.8. The lowest BCUT2D eigenvalue weighted by molar-refractivity contribution is 0.301. The Morgan fingerprint density at radius 1 is 1.15 bits per heavy atom. The van der Waals surface area contributed by atoms with E-state index >= 15 is 0 Å². The minimum absolute atomic E-state index is 0.0150. The van der Waals surface area contributed by atoms with Crippen LogP contribution in [0.15, 0.2) is 82.8 Å². The van der Waals surface area contributed by atoms with E-state index in [4.69, 9.17) is 28.2 Å². The molecule has 0 aliphatic carbocycles. The summed E-state index contributed by atoms with van der Waals surface area (Å²) in [5.74, 6) is 0.812. The highest BCUT2D eigenvalue weighted by Gasteiger charge is 2.20. The lowest BCUT2D eigenvalue weighted by Crippen LogP contribution is -2.53. The maximum absolute atomic E-state index is 13.2. The Morgan fingerprint density at radius 2 is 1.97 bits per heavy atom. The first-order valence-corrected chi connectivity index (χ1v) is 13.9. The van der Waals surface area contributed by atoms with E-state index in [0.717, 1.165) is 42.4 Å². The van der Waals surface area contributed by atoms with Crippen LogP contribution in [0.1, 0.15) is 31.0 Å². The molecule has 1 saturated heterocycles. The van der Waals surface area contributed by atoms with Crippen molar-refractivity contribution >= 4 is 45.8 Å². The summed E-state index contributed by atoms with van der Waals surface area (Å²) in [4.78, 5) is 25.2. The number of benzene rings is 3. The molecule has 1 aliphatic heterocycles. The van der Waals surface area contributed by atoms with Gasteiger partial charge in [0.1, 0.15) is 0 Å². The average Bonchev–Trinajstić information content (AvgIpc) is 2.93. The summed E-state index contributed by atoms with van der Waals surface area (Å²) in [6.45, 7) is 7.34. The summed E-state index contributed by atoms with van der Waals surface area (Å²) in [7, 11) is 0. The Labute approximate surface area is 238 Å². The molecule has 1 fully saturated rings. The van der Waals surface area contributed by atoms with Gasteiger partial charge in [-0.3, -0.25) is 9.36 Å². The van der Waals surface area contributed by atoms with Crippen molar-refractivity contribution < 1.29 is 0 Å². The van der Waals surface area contributed by atoms with Crippen molar-refractivity contribution in [2.75, 3.05) is 25.0 Å². The fraction of sp³-hybridized carbons (Fsp3) is 0.300. The van der Waals surface area contributed by atoms with Crippen LogP contribution in [-0.2, 0) is 13.0 Å². The van der Waals surface area contributed by atoms with Crippen molar-refractivity contribution in [1.82, 2.24) is 19.8 Å². The molecule has 0 unspecified atom stereocenters. The van der Waals surface area contributed by atoms with Gasteiger partial charge in [-0.2, -0.15) is 0 Å². The zero-order valence-electron chi connectivity index (χ0n) is 22.1. The molecule has 0 radical (unpaired) electrons. The number of nitrogens with zero attached hydrogens (tertiary/aromatic N) is 4. The molecular formula is C30H32Cl2N6O. The number of piperazine rings is 1. The summed E-state index contributed by atoms with van der Waals surface area (Å²) >= 11 is 12.3. The molecule has 7 nitrogen and oxygen atoms in total. The van der Waals surface area contributed by atoms with E-state index in [0.29, 0.717) is 40.0 Å². The molecule has 0 amide bonds. The van der Waals surface area contributed by atoms with E-state index in [1.807, 2.05) is 42.5 Å². The van der Waals surface area contributed by atoms with E-state index in [9.17, 15) is 4.79 Å². The third-order valence-corrected chi connectivity index (χ3v) is 7.57. The minimum atomic E-state index is -0.0841. The minimum Gasteiger partial charge on any atom is -0.340 e. The highest BCUT2D eigenvalue weighted by molar-refractivity contribution is 6.35. The summed E-state index contributed by atoms with van der Waals surface area (Å²) in [5, 5.41) is 8.77. The van der Waals surface area contributed by atoms with Gasteiger partial charge in [-0.1, -0.05) is 59.6 Å². The molecule has 1 aliphatic rings. The highest BCUT2D eigenvalue weighted by atomic mass is 35.5. The Morgan fingerprint density at radius 3 is 2.74 bits per heavy atom. The van der Waals surface area contributed by atoms with E-state index < -0.39 is 0 Å². The Balaban J connectivity index is 1.38. The number of rotatable bonds is 6. The second-order valence-electron chi connectivity index (χ2n) is 9.93. The van der Waals surface area contributed by atoms with E-state index in [2.05, 4.69) is 46.5 Å². The lowest BCUT2D eigenvalue weighted by atomic mass is 10.1. The molecule has 39 heavy (non-hydrogen) atoms. The SMILES string of the molecule is C[C@H](/N=C(/Nc1ccc2c(=O)n(CCc3ccc(Cl)cc3Cl)cnc2c1)N1CCN[C@@H](C)C1)c1ccccc1. The monoisotopic (exact) mass is 562 g/mol. The molecule has 0 bridgehead atoms. The standard InChI is InChI=1S/C30H32Cl2N6O/c1-20-18-37(15-13-33-20)30(35-21(2)22-6-4-3-5-7-22)36-25-10-11-26-28(17-25)34-19-38(29(26)39)14-12-23-8-9-24(31)16-27(23)32/h3-11,16-17,19-21,33H,12-15,18H2,1-2H3,(H,35,36)/t20-,21-/m0/s1. The zero-order valence-corrected chi connectivity index (χ0v) is 23.6. The number of hydrogen-bond donors (Lipinski definition) is 2. The Bertz CT molecular complexity index is 1540. The number of aryl methyl sites for hydroxylation is 2. The fourth-order valence-electron chi connectivity index (χ4n) is 4.80. The molecule has 0 saturated carbocycles. The molecule has 5 rings (SSSR count). The Hall–Kier alpha value is -3.39. The predicted octanol–water partition coefficient (Wildman–Crippen LogP) is 5.77. The van der Waals surface area contributed by atoms with Crippen molar-refractivity contribution in [3.8, 4) is 0 Å². The quantitative estimate of drug-likeness (QED) is 0.230. The molecule has 2 N–H and O–H groups in total. The van der Waals surface area contributed by atoms with Crippen molar-refractivity contribution in [2.24, 2.45) is 4.99 Å². The molecule has 2 atom stereocenters. The van der Waals surface area contributed by atoms with Crippen LogP contribution < -0.4 is 16.2 Å². The van der Waals surface area contributed by atoms with Gasteiger partial charge in [0.2, 0.25) is 0 Å². The number of anilines is 1. The summed E-state index contributed by atoms with van der Waals surface area (Å²) in [6.07, 6.45) is 2.20. The molecule has 202 valence electrons. The third-order valence-electron chi connectivity index (χ3n) is 6.98. The van der Waals surface area contributed by atoms with Crippen LogP contribution in [0.25, 0.3) is 10.9 Å². The lowest BCUT2D eigenvalue weighted by Gasteiger charge is -2.35. The van der Waals surface area contributed by atoms with Gasteiger partial charge in [-0.05, 0) is 61.7 Å². The van der Waals surface area contributed by atoms with E-state index in [1.165, 1.54) is 0 Å². The van der Waals surface area contributed by atoms with Gasteiger partial charge in [0.25, 0.3) is 5.56 Å². The first-order valence-electron chi connectivity index (χ1n) is 13.2. The zero-order chi connectivity index (χ0) is 27.4.